The topological polar surface area (TPSA) is 38.2 Å². The molecule has 2 aliphatic carbocycles. The Morgan fingerprint density at radius 1 is 1.07 bits per heavy atom. The minimum atomic E-state index is 0. The van der Waals surface area contributed by atoms with Crippen molar-refractivity contribution in [3.8, 4) is 11.1 Å². The van der Waals surface area contributed by atoms with Crippen LogP contribution in [0.25, 0.3) is 11.1 Å². The van der Waals surface area contributed by atoms with Gasteiger partial charge in [0.2, 0.25) is 0 Å². The van der Waals surface area contributed by atoms with Gasteiger partial charge in [0, 0.05) is 6.54 Å². The van der Waals surface area contributed by atoms with E-state index in [9.17, 15) is 0 Å². The SMILES string of the molecule is N.c1cc2c(CCN3CCCCC3)cc1-2. The summed E-state index contributed by atoms with van der Waals surface area (Å²) in [4.78, 5) is 2.62. The molecule has 1 saturated heterocycles. The van der Waals surface area contributed by atoms with E-state index in [4.69, 9.17) is 0 Å². The molecule has 3 N–H and O–H groups in total. The van der Waals surface area contributed by atoms with E-state index in [2.05, 4.69) is 23.1 Å². The normalized spacial score (nSPS) is 18.4. The zero-order chi connectivity index (χ0) is 9.38. The second-order valence-electron chi connectivity index (χ2n) is 4.52. The van der Waals surface area contributed by atoms with E-state index >= 15 is 0 Å². The zero-order valence-electron chi connectivity index (χ0n) is 9.34. The average molecular weight is 204 g/mol. The van der Waals surface area contributed by atoms with Gasteiger partial charge in [0.1, 0.15) is 0 Å². The summed E-state index contributed by atoms with van der Waals surface area (Å²) in [5.41, 5.74) is 4.62. The molecule has 0 radical (unpaired) electrons. The first-order chi connectivity index (χ1) is 6.93. The van der Waals surface area contributed by atoms with Crippen molar-refractivity contribution in [2.45, 2.75) is 25.7 Å². The van der Waals surface area contributed by atoms with Crippen LogP contribution in [0.1, 0.15) is 24.8 Å². The predicted molar refractivity (Wildman–Crippen MR) is 64.5 cm³/mol. The lowest BCUT2D eigenvalue weighted by atomic mass is 9.85. The van der Waals surface area contributed by atoms with Crippen molar-refractivity contribution >= 4 is 0 Å². The van der Waals surface area contributed by atoms with Crippen LogP contribution in [0, 0.1) is 0 Å². The molecule has 0 amide bonds. The molecule has 0 unspecified atom stereocenters. The highest BCUT2D eigenvalue weighted by Gasteiger charge is 2.17. The van der Waals surface area contributed by atoms with Crippen LogP contribution < -0.4 is 6.15 Å². The standard InChI is InChI=1S/C13H17N.H3N/c1-2-7-14(8-3-1)9-6-12-10-11-4-5-13(11)12;/h4-5,10H,1-3,6-9H2;1H3. The van der Waals surface area contributed by atoms with Crippen LogP contribution >= 0.6 is 0 Å². The Bertz CT molecular complexity index is 340. The molecular weight excluding hydrogens is 184 g/mol. The summed E-state index contributed by atoms with van der Waals surface area (Å²) in [6.45, 7) is 3.93. The Kier molecular flexibility index (Phi) is 3.08. The smallest absolute Gasteiger partial charge is 0.00220 e. The fraction of sp³-hybridized carbons (Fsp3) is 0.538. The van der Waals surface area contributed by atoms with E-state index in [1.807, 2.05) is 0 Å². The number of rotatable bonds is 3. The Hall–Kier alpha value is -0.860. The number of fused-ring (bicyclic) bond motifs is 1. The first kappa shape index (κ1) is 10.7. The van der Waals surface area contributed by atoms with Crippen molar-refractivity contribution in [1.29, 1.82) is 0 Å². The summed E-state index contributed by atoms with van der Waals surface area (Å²) in [6, 6.07) is 6.81. The zero-order valence-corrected chi connectivity index (χ0v) is 9.34. The Labute approximate surface area is 91.9 Å². The molecule has 0 aromatic heterocycles. The number of piperidine rings is 1. The summed E-state index contributed by atoms with van der Waals surface area (Å²) >= 11 is 0. The van der Waals surface area contributed by atoms with E-state index in [0.29, 0.717) is 0 Å². The van der Waals surface area contributed by atoms with Gasteiger partial charge in [-0.25, -0.2) is 0 Å². The van der Waals surface area contributed by atoms with Gasteiger partial charge in [0.25, 0.3) is 0 Å². The Balaban J connectivity index is 0.000000853. The molecule has 0 bridgehead atoms. The third kappa shape index (κ3) is 1.92. The van der Waals surface area contributed by atoms with Gasteiger partial charge in [0.15, 0.2) is 0 Å². The van der Waals surface area contributed by atoms with Crippen LogP contribution in [0.3, 0.4) is 0 Å². The van der Waals surface area contributed by atoms with E-state index in [0.717, 1.165) is 0 Å². The fourth-order valence-corrected chi connectivity index (χ4v) is 2.54. The average Bonchev–Trinajstić information content (AvgIpc) is 2.22. The molecule has 0 atom stereocenters. The molecule has 1 aliphatic heterocycles. The highest BCUT2D eigenvalue weighted by molar-refractivity contribution is 5.80. The van der Waals surface area contributed by atoms with Crippen molar-refractivity contribution in [3.63, 3.8) is 0 Å². The lowest BCUT2D eigenvalue weighted by Crippen LogP contribution is -2.31. The molecule has 1 heterocycles. The van der Waals surface area contributed by atoms with Gasteiger partial charge in [-0.05, 0) is 49.0 Å². The van der Waals surface area contributed by atoms with Crippen LogP contribution in [0.2, 0.25) is 0 Å². The van der Waals surface area contributed by atoms with Gasteiger partial charge < -0.3 is 11.1 Å². The monoisotopic (exact) mass is 204 g/mol. The third-order valence-electron chi connectivity index (χ3n) is 3.56. The molecule has 15 heavy (non-hydrogen) atoms. The number of nitrogens with zero attached hydrogens (tertiary/aromatic N) is 1. The van der Waals surface area contributed by atoms with Crippen molar-refractivity contribution in [1.82, 2.24) is 11.1 Å². The maximum Gasteiger partial charge on any atom is 0.00220 e. The molecule has 0 aromatic rings. The van der Waals surface area contributed by atoms with Crippen LogP contribution in [-0.4, -0.2) is 24.5 Å². The summed E-state index contributed by atoms with van der Waals surface area (Å²) < 4.78 is 0. The molecule has 0 spiro atoms. The maximum atomic E-state index is 2.62. The van der Waals surface area contributed by atoms with E-state index < -0.39 is 0 Å². The summed E-state index contributed by atoms with van der Waals surface area (Å²) in [5.74, 6) is 0. The van der Waals surface area contributed by atoms with Crippen molar-refractivity contribution < 1.29 is 0 Å². The molecule has 2 nitrogen and oxygen atoms in total. The van der Waals surface area contributed by atoms with E-state index in [1.165, 1.54) is 50.9 Å². The molecule has 0 saturated carbocycles. The van der Waals surface area contributed by atoms with Gasteiger partial charge in [-0.3, -0.25) is 0 Å². The number of likely N-dealkylation sites (tertiary alicyclic amines) is 1. The van der Waals surface area contributed by atoms with Crippen LogP contribution in [0.4, 0.5) is 0 Å². The number of hydrogen-bond donors (Lipinski definition) is 1. The summed E-state index contributed by atoms with van der Waals surface area (Å²) in [6.07, 6.45) is 5.53. The Morgan fingerprint density at radius 2 is 1.87 bits per heavy atom. The fourth-order valence-electron chi connectivity index (χ4n) is 2.54. The number of hydrogen-bond acceptors (Lipinski definition) is 2. The van der Waals surface area contributed by atoms with Crippen LogP contribution in [-0.2, 0) is 6.42 Å². The van der Waals surface area contributed by atoms with Crippen molar-refractivity contribution in [2.75, 3.05) is 19.6 Å². The molecule has 3 aliphatic rings. The second-order valence-corrected chi connectivity index (χ2v) is 4.52. The Morgan fingerprint density at radius 3 is 2.40 bits per heavy atom. The third-order valence-corrected chi connectivity index (χ3v) is 3.56. The predicted octanol–water partition coefficient (Wildman–Crippen LogP) is 2.86. The summed E-state index contributed by atoms with van der Waals surface area (Å²) in [5, 5.41) is 0. The molecule has 82 valence electrons. The lowest BCUT2D eigenvalue weighted by Gasteiger charge is -2.28. The molecule has 3 rings (SSSR count). The van der Waals surface area contributed by atoms with Crippen molar-refractivity contribution in [2.24, 2.45) is 0 Å². The number of benzene rings is 1. The van der Waals surface area contributed by atoms with E-state index in [1.54, 1.807) is 11.1 Å². The highest BCUT2D eigenvalue weighted by Crippen LogP contribution is 2.36. The van der Waals surface area contributed by atoms with Gasteiger partial charge in [-0.15, -0.1) is 0 Å². The van der Waals surface area contributed by atoms with E-state index in [-0.39, 0.29) is 6.15 Å². The van der Waals surface area contributed by atoms with Gasteiger partial charge in [-0.2, -0.15) is 0 Å². The maximum absolute atomic E-state index is 2.62. The molecule has 1 fully saturated rings. The quantitative estimate of drug-likeness (QED) is 0.835. The van der Waals surface area contributed by atoms with Gasteiger partial charge in [0.05, 0.1) is 0 Å². The minimum Gasteiger partial charge on any atom is -0.344 e. The van der Waals surface area contributed by atoms with Gasteiger partial charge in [-0.1, -0.05) is 24.6 Å². The molecular formula is C13H20N2. The highest BCUT2D eigenvalue weighted by atomic mass is 15.1. The first-order valence-electron chi connectivity index (χ1n) is 5.79. The molecule has 2 heteroatoms. The van der Waals surface area contributed by atoms with Crippen molar-refractivity contribution in [3.05, 3.63) is 23.8 Å². The largest absolute Gasteiger partial charge is 0.344 e. The van der Waals surface area contributed by atoms with Crippen LogP contribution in [0.5, 0.6) is 0 Å². The van der Waals surface area contributed by atoms with Gasteiger partial charge >= 0.3 is 0 Å². The molecule has 0 aromatic carbocycles. The summed E-state index contributed by atoms with van der Waals surface area (Å²) in [7, 11) is 0. The first-order valence-corrected chi connectivity index (χ1v) is 5.79. The second kappa shape index (κ2) is 4.33. The minimum absolute atomic E-state index is 0. The lowest BCUT2D eigenvalue weighted by molar-refractivity contribution is 0.231. The van der Waals surface area contributed by atoms with Crippen LogP contribution in [0.15, 0.2) is 18.2 Å².